The van der Waals surface area contributed by atoms with Gasteiger partial charge in [-0.25, -0.2) is 0 Å². The summed E-state index contributed by atoms with van der Waals surface area (Å²) in [7, 11) is 0. The van der Waals surface area contributed by atoms with Crippen LogP contribution in [0.25, 0.3) is 0 Å². The summed E-state index contributed by atoms with van der Waals surface area (Å²) in [6.45, 7) is 3.05. The summed E-state index contributed by atoms with van der Waals surface area (Å²) >= 11 is 0. The second-order valence-electron chi connectivity index (χ2n) is 3.97. The van der Waals surface area contributed by atoms with Crippen LogP contribution >= 0.6 is 0 Å². The molecule has 1 rings (SSSR count). The summed E-state index contributed by atoms with van der Waals surface area (Å²) in [6.07, 6.45) is -3.05. The van der Waals surface area contributed by atoms with Crippen LogP contribution in [-0.4, -0.2) is 29.9 Å². The zero-order valence-corrected chi connectivity index (χ0v) is 10.3. The average Bonchev–Trinajstić information content (AvgIpc) is 2.37. The number of halogens is 3. The van der Waals surface area contributed by atoms with Gasteiger partial charge in [0, 0.05) is 18.8 Å². The van der Waals surface area contributed by atoms with Gasteiger partial charge in [0.05, 0.1) is 18.8 Å². The van der Waals surface area contributed by atoms with Crippen LogP contribution in [0.15, 0.2) is 30.9 Å². The van der Waals surface area contributed by atoms with Gasteiger partial charge in [0.25, 0.3) is 0 Å². The summed E-state index contributed by atoms with van der Waals surface area (Å²) < 4.78 is 39.0. The van der Waals surface area contributed by atoms with Crippen LogP contribution in [0.5, 0.6) is 0 Å². The van der Waals surface area contributed by atoms with Crippen molar-refractivity contribution < 1.29 is 23.4 Å². The Labute approximate surface area is 109 Å². The number of anilines is 1. The number of aliphatic hydroxyl groups excluding tert-OH is 2. The van der Waals surface area contributed by atoms with Crippen molar-refractivity contribution in [3.8, 4) is 0 Å². The molecule has 0 amide bonds. The predicted octanol–water partition coefficient (Wildman–Crippen LogP) is 2.18. The molecule has 0 aliphatic carbocycles. The lowest BCUT2D eigenvalue weighted by atomic mass is 10.1. The Hall–Kier alpha value is -1.53. The second kappa shape index (κ2) is 6.58. The van der Waals surface area contributed by atoms with E-state index in [2.05, 4.69) is 6.58 Å². The predicted molar refractivity (Wildman–Crippen MR) is 66.9 cm³/mol. The van der Waals surface area contributed by atoms with E-state index in [9.17, 15) is 13.2 Å². The number of hydrogen-bond donors (Lipinski definition) is 2. The molecule has 1 aromatic carbocycles. The van der Waals surface area contributed by atoms with Crippen LogP contribution in [0.1, 0.15) is 11.1 Å². The van der Waals surface area contributed by atoms with E-state index in [-0.39, 0.29) is 30.9 Å². The Bertz CT molecular complexity index is 432. The van der Waals surface area contributed by atoms with Crippen LogP contribution in [-0.2, 0) is 12.8 Å². The highest BCUT2D eigenvalue weighted by Crippen LogP contribution is 2.37. The van der Waals surface area contributed by atoms with Crippen molar-refractivity contribution in [3.05, 3.63) is 42.0 Å². The summed E-state index contributed by atoms with van der Waals surface area (Å²) in [5.41, 5.74) is -0.661. The van der Waals surface area contributed by atoms with E-state index in [0.29, 0.717) is 0 Å². The Morgan fingerprint density at radius 2 is 1.95 bits per heavy atom. The summed E-state index contributed by atoms with van der Waals surface area (Å²) in [5, 5.41) is 17.8. The first-order valence-electron chi connectivity index (χ1n) is 5.71. The molecular weight excluding hydrogens is 259 g/mol. The third-order valence-corrected chi connectivity index (χ3v) is 2.61. The summed E-state index contributed by atoms with van der Waals surface area (Å²) in [6, 6.07) is 3.65. The van der Waals surface area contributed by atoms with E-state index in [1.807, 2.05) is 0 Å². The molecule has 0 fully saturated rings. The molecule has 106 valence electrons. The van der Waals surface area contributed by atoms with Gasteiger partial charge in [-0.3, -0.25) is 0 Å². The minimum absolute atomic E-state index is 0.0290. The maximum atomic E-state index is 13.0. The van der Waals surface area contributed by atoms with Gasteiger partial charge in [-0.15, -0.1) is 6.58 Å². The van der Waals surface area contributed by atoms with Gasteiger partial charge >= 0.3 is 6.18 Å². The van der Waals surface area contributed by atoms with Crippen molar-refractivity contribution >= 4 is 5.69 Å². The highest BCUT2D eigenvalue weighted by atomic mass is 19.4. The number of rotatable bonds is 6. The quantitative estimate of drug-likeness (QED) is 0.782. The third kappa shape index (κ3) is 3.97. The Balaban J connectivity index is 3.27. The minimum Gasteiger partial charge on any atom is -0.395 e. The molecular formula is C13H16F3NO2. The van der Waals surface area contributed by atoms with E-state index in [1.165, 1.54) is 23.1 Å². The van der Waals surface area contributed by atoms with Crippen molar-refractivity contribution in [1.29, 1.82) is 0 Å². The minimum atomic E-state index is -4.52. The van der Waals surface area contributed by atoms with Gasteiger partial charge in [-0.1, -0.05) is 12.1 Å². The fourth-order valence-corrected chi connectivity index (χ4v) is 1.77. The summed E-state index contributed by atoms with van der Waals surface area (Å²) in [4.78, 5) is 1.39. The van der Waals surface area contributed by atoms with E-state index in [4.69, 9.17) is 10.2 Å². The number of nitrogens with zero attached hydrogens (tertiary/aromatic N) is 1. The van der Waals surface area contributed by atoms with Crippen LogP contribution in [0.2, 0.25) is 0 Å². The molecule has 3 nitrogen and oxygen atoms in total. The molecule has 2 N–H and O–H groups in total. The molecule has 0 atom stereocenters. The second-order valence-corrected chi connectivity index (χ2v) is 3.97. The molecule has 0 bridgehead atoms. The smallest absolute Gasteiger partial charge is 0.395 e. The number of alkyl halides is 3. The first-order chi connectivity index (χ1) is 8.93. The van der Waals surface area contributed by atoms with Crippen LogP contribution < -0.4 is 4.90 Å². The maximum Gasteiger partial charge on any atom is 0.418 e. The first kappa shape index (κ1) is 15.5. The molecule has 0 saturated heterocycles. The van der Waals surface area contributed by atoms with Crippen molar-refractivity contribution in [1.82, 2.24) is 0 Å². The average molecular weight is 275 g/mol. The van der Waals surface area contributed by atoms with Crippen LogP contribution in [0.4, 0.5) is 18.9 Å². The highest BCUT2D eigenvalue weighted by molar-refractivity contribution is 5.56. The third-order valence-electron chi connectivity index (χ3n) is 2.61. The van der Waals surface area contributed by atoms with E-state index in [0.717, 1.165) is 6.07 Å². The van der Waals surface area contributed by atoms with E-state index in [1.54, 1.807) is 0 Å². The first-order valence-corrected chi connectivity index (χ1v) is 5.71. The molecule has 0 radical (unpaired) electrons. The molecule has 0 unspecified atom stereocenters. The Kier molecular flexibility index (Phi) is 5.38. The molecule has 6 heteroatoms. The highest BCUT2D eigenvalue weighted by Gasteiger charge is 2.35. The Morgan fingerprint density at radius 3 is 2.42 bits per heavy atom. The van der Waals surface area contributed by atoms with Crippen molar-refractivity contribution in [2.24, 2.45) is 0 Å². The van der Waals surface area contributed by atoms with Gasteiger partial charge in [-0.05, 0) is 17.7 Å². The lowest BCUT2D eigenvalue weighted by Gasteiger charge is -2.26. The van der Waals surface area contributed by atoms with E-state index < -0.39 is 18.3 Å². The number of hydrogen-bond acceptors (Lipinski definition) is 3. The molecule has 0 aromatic heterocycles. The van der Waals surface area contributed by atoms with Gasteiger partial charge in [0.1, 0.15) is 0 Å². The molecule has 0 spiro atoms. The number of aliphatic hydroxyl groups is 2. The zero-order valence-electron chi connectivity index (χ0n) is 10.3. The number of benzene rings is 1. The molecule has 0 saturated carbocycles. The molecule has 0 aliphatic rings. The maximum absolute atomic E-state index is 13.0. The largest absolute Gasteiger partial charge is 0.418 e. The fourth-order valence-electron chi connectivity index (χ4n) is 1.77. The van der Waals surface area contributed by atoms with Crippen molar-refractivity contribution in [2.45, 2.75) is 12.8 Å². The standard InChI is InChI=1S/C13H16F3NO2/c1-2-5-17(6-7-18)12-4-3-10(9-19)8-11(12)13(14,15)16/h2-4,8,18-19H,1,5-7,9H2. The van der Waals surface area contributed by atoms with Gasteiger partial charge in [0.2, 0.25) is 0 Å². The van der Waals surface area contributed by atoms with Crippen molar-refractivity contribution in [3.63, 3.8) is 0 Å². The molecule has 0 heterocycles. The van der Waals surface area contributed by atoms with Gasteiger partial charge < -0.3 is 15.1 Å². The lowest BCUT2D eigenvalue weighted by molar-refractivity contribution is -0.137. The van der Waals surface area contributed by atoms with Gasteiger partial charge in [0.15, 0.2) is 0 Å². The monoisotopic (exact) mass is 275 g/mol. The fraction of sp³-hybridized carbons (Fsp3) is 0.385. The normalized spacial score (nSPS) is 11.4. The zero-order chi connectivity index (χ0) is 14.5. The van der Waals surface area contributed by atoms with Crippen LogP contribution in [0, 0.1) is 0 Å². The lowest BCUT2D eigenvalue weighted by Crippen LogP contribution is -2.29. The summed E-state index contributed by atoms with van der Waals surface area (Å²) in [5.74, 6) is 0. The van der Waals surface area contributed by atoms with Crippen molar-refractivity contribution in [2.75, 3.05) is 24.6 Å². The topological polar surface area (TPSA) is 43.7 Å². The van der Waals surface area contributed by atoms with Crippen LogP contribution in [0.3, 0.4) is 0 Å². The molecule has 19 heavy (non-hydrogen) atoms. The van der Waals surface area contributed by atoms with E-state index >= 15 is 0 Å². The molecule has 0 aliphatic heterocycles. The molecule has 1 aromatic rings. The SMILES string of the molecule is C=CCN(CCO)c1ccc(CO)cc1C(F)(F)F. The Morgan fingerprint density at radius 1 is 1.26 bits per heavy atom. The van der Waals surface area contributed by atoms with Gasteiger partial charge in [-0.2, -0.15) is 13.2 Å².